The van der Waals surface area contributed by atoms with Gasteiger partial charge >= 0.3 is 0 Å². The molecule has 4 heteroatoms. The van der Waals surface area contributed by atoms with E-state index in [1.165, 1.54) is 0 Å². The normalized spacial score (nSPS) is 12.0. The first kappa shape index (κ1) is 7.76. The molecule has 0 atom stereocenters. The largest absolute Gasteiger partial charge is 0.421 e. The topological polar surface area (TPSA) is 9.23 Å². The van der Waals surface area contributed by atoms with Crippen LogP contribution >= 0.6 is 23.2 Å². The molecule has 0 aliphatic rings. The van der Waals surface area contributed by atoms with E-state index in [2.05, 4.69) is 0 Å². The molecule has 0 aliphatic carbocycles. The molecule has 0 saturated heterocycles. The van der Waals surface area contributed by atoms with Gasteiger partial charge in [0.05, 0.1) is 6.61 Å². The Labute approximate surface area is 55.9 Å². The third-order valence-corrected chi connectivity index (χ3v) is 1.34. The zero-order valence-electron chi connectivity index (χ0n) is 4.16. The van der Waals surface area contributed by atoms with E-state index < -0.39 is 0 Å². The van der Waals surface area contributed by atoms with E-state index in [-0.39, 0.29) is 14.6 Å². The molecule has 0 aliphatic heterocycles. The molecule has 0 unspecified atom stereocenters. The van der Waals surface area contributed by atoms with E-state index in [1.54, 1.807) is 0 Å². The van der Waals surface area contributed by atoms with Crippen LogP contribution in [0.4, 0.5) is 0 Å². The highest BCUT2D eigenvalue weighted by Crippen LogP contribution is 1.99. The number of hydrogen-bond acceptors (Lipinski definition) is 1. The Kier molecular flexibility index (Phi) is 5.44. The Hall–Kier alpha value is 0.757. The van der Waals surface area contributed by atoms with E-state index >= 15 is 0 Å². The molecular weight excluding hydrogens is 151 g/mol. The first-order chi connectivity index (χ1) is 3.27. The Balaban J connectivity index is 2.68. The lowest BCUT2D eigenvalue weighted by molar-refractivity contribution is 0.358. The molecule has 0 amide bonds. The molecular formula is C3H8Cl2OSi. The molecule has 0 fully saturated rings. The van der Waals surface area contributed by atoms with Gasteiger partial charge in [-0.2, -0.15) is 0 Å². The SMILES string of the molecule is C[SiH2]OCC(Cl)Cl. The summed E-state index contributed by atoms with van der Waals surface area (Å²) in [5.74, 6) is 0. The Morgan fingerprint density at radius 2 is 2.29 bits per heavy atom. The third-order valence-electron chi connectivity index (χ3n) is 0.448. The van der Waals surface area contributed by atoms with Crippen LogP contribution in [0, 0.1) is 0 Å². The summed E-state index contributed by atoms with van der Waals surface area (Å²) >= 11 is 10.6. The van der Waals surface area contributed by atoms with Gasteiger partial charge in [0.1, 0.15) is 4.84 Å². The standard InChI is InChI=1S/C3H8Cl2OSi/c1-7-6-2-3(4)5/h3H,2,7H2,1H3. The van der Waals surface area contributed by atoms with Crippen LogP contribution in [0.15, 0.2) is 0 Å². The van der Waals surface area contributed by atoms with Crippen LogP contribution in [0.3, 0.4) is 0 Å². The van der Waals surface area contributed by atoms with Crippen LogP contribution < -0.4 is 0 Å². The fourth-order valence-corrected chi connectivity index (χ4v) is 1.16. The summed E-state index contributed by atoms with van der Waals surface area (Å²) < 4.78 is 4.97. The van der Waals surface area contributed by atoms with Gasteiger partial charge in [0.25, 0.3) is 0 Å². The fourth-order valence-electron chi connectivity index (χ4n) is 0.207. The van der Waals surface area contributed by atoms with Crippen molar-refractivity contribution in [3.63, 3.8) is 0 Å². The average molecular weight is 159 g/mol. The first-order valence-corrected chi connectivity index (χ1v) is 4.99. The van der Waals surface area contributed by atoms with E-state index in [4.69, 9.17) is 27.6 Å². The van der Waals surface area contributed by atoms with Gasteiger partial charge in [0.2, 0.25) is 0 Å². The van der Waals surface area contributed by atoms with Crippen molar-refractivity contribution >= 4 is 33.0 Å². The Bertz CT molecular complexity index is 41.9. The molecule has 0 heterocycles. The second-order valence-electron chi connectivity index (χ2n) is 1.05. The number of rotatable bonds is 3. The minimum absolute atomic E-state index is 0.298. The van der Waals surface area contributed by atoms with Crippen molar-refractivity contribution in [2.24, 2.45) is 0 Å². The third kappa shape index (κ3) is 6.76. The molecule has 0 N–H and O–H groups in total. The van der Waals surface area contributed by atoms with Gasteiger partial charge in [-0.15, -0.1) is 23.2 Å². The number of halogens is 2. The highest BCUT2D eigenvalue weighted by atomic mass is 35.5. The molecule has 0 aromatic heterocycles. The van der Waals surface area contributed by atoms with E-state index in [1.807, 2.05) is 6.55 Å². The van der Waals surface area contributed by atoms with Crippen LogP contribution in [0.2, 0.25) is 6.55 Å². The second-order valence-corrected chi connectivity index (χ2v) is 3.31. The van der Waals surface area contributed by atoms with Gasteiger partial charge in [-0.3, -0.25) is 0 Å². The van der Waals surface area contributed by atoms with E-state index in [0.717, 1.165) is 0 Å². The lowest BCUT2D eigenvalue weighted by Crippen LogP contribution is -2.02. The fraction of sp³-hybridized carbons (Fsp3) is 1.00. The van der Waals surface area contributed by atoms with Crippen LogP contribution in [0.25, 0.3) is 0 Å². The van der Waals surface area contributed by atoms with Crippen LogP contribution in [0.1, 0.15) is 0 Å². The summed E-state index contributed by atoms with van der Waals surface area (Å²) in [5, 5.41) is 0. The van der Waals surface area contributed by atoms with Crippen molar-refractivity contribution in [1.82, 2.24) is 0 Å². The summed E-state index contributed by atoms with van der Waals surface area (Å²) in [4.78, 5) is -0.340. The van der Waals surface area contributed by atoms with Crippen LogP contribution in [0.5, 0.6) is 0 Å². The van der Waals surface area contributed by atoms with Crippen molar-refractivity contribution in [3.8, 4) is 0 Å². The molecule has 7 heavy (non-hydrogen) atoms. The van der Waals surface area contributed by atoms with Gasteiger partial charge in [-0.05, 0) is 0 Å². The minimum Gasteiger partial charge on any atom is -0.421 e. The minimum atomic E-state index is -0.340. The van der Waals surface area contributed by atoms with Crippen molar-refractivity contribution < 1.29 is 4.43 Å². The molecule has 1 nitrogen and oxygen atoms in total. The molecule has 44 valence electrons. The Morgan fingerprint density at radius 1 is 1.71 bits per heavy atom. The first-order valence-electron chi connectivity index (χ1n) is 2.13. The summed E-state index contributed by atoms with van der Waals surface area (Å²) in [6, 6.07) is 0. The smallest absolute Gasteiger partial charge is 0.158 e. The predicted molar refractivity (Wildman–Crippen MR) is 35.9 cm³/mol. The van der Waals surface area contributed by atoms with Crippen LogP contribution in [-0.4, -0.2) is 21.2 Å². The lowest BCUT2D eigenvalue weighted by atomic mass is 10.9. The molecule has 0 rings (SSSR count). The quantitative estimate of drug-likeness (QED) is 0.439. The van der Waals surface area contributed by atoms with Gasteiger partial charge in [-0.25, -0.2) is 0 Å². The average Bonchev–Trinajstić information content (AvgIpc) is 1.61. The van der Waals surface area contributed by atoms with Crippen molar-refractivity contribution in [1.29, 1.82) is 0 Å². The Morgan fingerprint density at radius 3 is 2.43 bits per heavy atom. The molecule has 0 saturated carbocycles. The second kappa shape index (κ2) is 4.90. The van der Waals surface area contributed by atoms with E-state index in [9.17, 15) is 0 Å². The molecule has 0 radical (unpaired) electrons. The summed E-state index contributed by atoms with van der Waals surface area (Å²) in [7, 11) is -0.298. The number of hydrogen-bond donors (Lipinski definition) is 0. The van der Waals surface area contributed by atoms with Crippen molar-refractivity contribution in [2.75, 3.05) is 6.61 Å². The zero-order chi connectivity index (χ0) is 5.70. The van der Waals surface area contributed by atoms with Gasteiger partial charge < -0.3 is 4.43 Å². The van der Waals surface area contributed by atoms with Crippen LogP contribution in [-0.2, 0) is 4.43 Å². The maximum absolute atomic E-state index is 5.32. The van der Waals surface area contributed by atoms with Crippen molar-refractivity contribution in [2.45, 2.75) is 11.4 Å². The predicted octanol–water partition coefficient (Wildman–Crippen LogP) is 0.939. The molecule has 0 bridgehead atoms. The highest BCUT2D eigenvalue weighted by molar-refractivity contribution is 6.44. The monoisotopic (exact) mass is 158 g/mol. The van der Waals surface area contributed by atoms with E-state index in [0.29, 0.717) is 6.61 Å². The van der Waals surface area contributed by atoms with Crippen molar-refractivity contribution in [3.05, 3.63) is 0 Å². The zero-order valence-corrected chi connectivity index (χ0v) is 7.08. The number of alkyl halides is 2. The summed E-state index contributed by atoms with van der Waals surface area (Å²) in [5.41, 5.74) is 0. The highest BCUT2D eigenvalue weighted by Gasteiger charge is 1.93. The van der Waals surface area contributed by atoms with Gasteiger partial charge in [-0.1, -0.05) is 6.55 Å². The maximum atomic E-state index is 5.32. The molecule has 0 spiro atoms. The molecule has 0 aromatic carbocycles. The lowest BCUT2D eigenvalue weighted by Gasteiger charge is -1.97. The summed E-state index contributed by atoms with van der Waals surface area (Å²) in [6.45, 7) is 2.53. The molecule has 0 aromatic rings. The maximum Gasteiger partial charge on any atom is 0.158 e. The summed E-state index contributed by atoms with van der Waals surface area (Å²) in [6.07, 6.45) is 0. The van der Waals surface area contributed by atoms with Gasteiger partial charge in [0.15, 0.2) is 9.76 Å². The van der Waals surface area contributed by atoms with Gasteiger partial charge in [0, 0.05) is 0 Å².